The number of aromatic nitrogens is 1. The third-order valence-corrected chi connectivity index (χ3v) is 4.41. The fourth-order valence-corrected chi connectivity index (χ4v) is 3.38. The van der Waals surface area contributed by atoms with Gasteiger partial charge in [0.15, 0.2) is 0 Å². The van der Waals surface area contributed by atoms with Crippen molar-refractivity contribution >= 4 is 22.7 Å². The molecule has 2 atom stereocenters. The maximum absolute atomic E-state index is 5.84. The summed E-state index contributed by atoms with van der Waals surface area (Å²) in [4.78, 5) is 4.49. The maximum Gasteiger partial charge on any atom is 0.0874 e. The summed E-state index contributed by atoms with van der Waals surface area (Å²) in [5, 5.41) is 1.13. The van der Waals surface area contributed by atoms with Crippen LogP contribution >= 0.6 is 11.8 Å². The van der Waals surface area contributed by atoms with Gasteiger partial charge >= 0.3 is 0 Å². The van der Waals surface area contributed by atoms with E-state index in [1.807, 2.05) is 30.1 Å². The Morgan fingerprint density at radius 1 is 1.37 bits per heavy atom. The van der Waals surface area contributed by atoms with Gasteiger partial charge in [-0.05, 0) is 11.6 Å². The Hall–Kier alpha value is -1.14. The smallest absolute Gasteiger partial charge is 0.0874 e. The van der Waals surface area contributed by atoms with Gasteiger partial charge in [-0.1, -0.05) is 24.3 Å². The van der Waals surface area contributed by atoms with Crippen molar-refractivity contribution in [3.63, 3.8) is 0 Å². The summed E-state index contributed by atoms with van der Waals surface area (Å²) in [6, 6.07) is 10.2. The van der Waals surface area contributed by atoms with E-state index >= 15 is 0 Å². The van der Waals surface area contributed by atoms with Crippen molar-refractivity contribution in [2.45, 2.75) is 12.1 Å². The molecule has 19 heavy (non-hydrogen) atoms. The minimum Gasteiger partial charge on any atom is -0.374 e. The Bertz CT molecular complexity index is 552. The van der Waals surface area contributed by atoms with Crippen molar-refractivity contribution in [1.82, 2.24) is 10.4 Å². The van der Waals surface area contributed by atoms with Crippen LogP contribution in [0.5, 0.6) is 0 Å². The van der Waals surface area contributed by atoms with E-state index in [9.17, 15) is 0 Å². The number of nitrogens with two attached hydrogens (primary N) is 1. The summed E-state index contributed by atoms with van der Waals surface area (Å²) in [5.41, 5.74) is 5.00. The number of nitrogens with zero attached hydrogens (tertiary/aromatic N) is 1. The Balaban J connectivity index is 2.00. The second kappa shape index (κ2) is 5.88. The molecule has 0 saturated carbocycles. The van der Waals surface area contributed by atoms with E-state index in [0.717, 1.165) is 34.6 Å². The average Bonchev–Trinajstić information content (AvgIpc) is 2.49. The van der Waals surface area contributed by atoms with E-state index in [4.69, 9.17) is 10.6 Å². The number of benzene rings is 1. The van der Waals surface area contributed by atoms with E-state index in [2.05, 4.69) is 28.6 Å². The van der Waals surface area contributed by atoms with Gasteiger partial charge in [0, 0.05) is 23.1 Å². The fraction of sp³-hybridized carbons (Fsp3) is 0.357. The summed E-state index contributed by atoms with van der Waals surface area (Å²) >= 11 is 1.91. The largest absolute Gasteiger partial charge is 0.374 e. The van der Waals surface area contributed by atoms with Gasteiger partial charge in [-0.3, -0.25) is 16.3 Å². The van der Waals surface area contributed by atoms with E-state index < -0.39 is 0 Å². The molecular weight excluding hydrogens is 258 g/mol. The molecule has 100 valence electrons. The number of hydrogen-bond donors (Lipinski definition) is 2. The Kier molecular flexibility index (Phi) is 3.98. The number of nitrogens with one attached hydrogen (secondary N) is 1. The molecule has 1 aliphatic heterocycles. The topological polar surface area (TPSA) is 60.2 Å². The molecule has 3 rings (SSSR count). The van der Waals surface area contributed by atoms with Gasteiger partial charge in [0.2, 0.25) is 0 Å². The molecule has 4 nitrogen and oxygen atoms in total. The lowest BCUT2D eigenvalue weighted by Crippen LogP contribution is -2.41. The van der Waals surface area contributed by atoms with Crippen LogP contribution in [0, 0.1) is 0 Å². The number of fused-ring (bicyclic) bond motifs is 1. The van der Waals surface area contributed by atoms with Crippen molar-refractivity contribution in [2.75, 3.05) is 18.1 Å². The zero-order valence-electron chi connectivity index (χ0n) is 10.6. The second-order valence-corrected chi connectivity index (χ2v) is 5.70. The molecule has 1 aromatic heterocycles. The molecule has 1 fully saturated rings. The number of para-hydroxylation sites is 1. The predicted octanol–water partition coefficient (Wildman–Crippen LogP) is 1.87. The Morgan fingerprint density at radius 2 is 2.26 bits per heavy atom. The highest BCUT2D eigenvalue weighted by Gasteiger charge is 2.26. The number of ether oxygens (including phenoxy) is 1. The molecule has 2 heterocycles. The first-order valence-electron chi connectivity index (χ1n) is 6.39. The zero-order chi connectivity index (χ0) is 13.1. The number of thioether (sulfide) groups is 1. The van der Waals surface area contributed by atoms with Crippen LogP contribution in [0.25, 0.3) is 10.9 Å². The molecule has 0 spiro atoms. The van der Waals surface area contributed by atoms with Crippen molar-refractivity contribution in [2.24, 2.45) is 5.84 Å². The quantitative estimate of drug-likeness (QED) is 0.661. The lowest BCUT2D eigenvalue weighted by molar-refractivity contribution is 0.0471. The third-order valence-electron chi connectivity index (χ3n) is 3.39. The van der Waals surface area contributed by atoms with Crippen molar-refractivity contribution in [1.29, 1.82) is 0 Å². The van der Waals surface area contributed by atoms with Gasteiger partial charge in [0.1, 0.15) is 0 Å². The highest BCUT2D eigenvalue weighted by Crippen LogP contribution is 2.29. The summed E-state index contributed by atoms with van der Waals surface area (Å²) in [7, 11) is 0. The van der Waals surface area contributed by atoms with Crippen molar-refractivity contribution in [3.05, 3.63) is 42.1 Å². The maximum atomic E-state index is 5.84. The van der Waals surface area contributed by atoms with Crippen LogP contribution in [0.15, 0.2) is 36.5 Å². The molecule has 1 aromatic carbocycles. The van der Waals surface area contributed by atoms with E-state index in [1.54, 1.807) is 0 Å². The van der Waals surface area contributed by atoms with Gasteiger partial charge in [-0.15, -0.1) is 0 Å². The standard InChI is InChI=1S/C14H17N3OS/c15-17-14(12-9-19-8-7-18-12)11-5-1-3-10-4-2-6-16-13(10)11/h1-6,12,14,17H,7-9,15H2. The number of pyridine rings is 1. The Morgan fingerprint density at radius 3 is 3.05 bits per heavy atom. The highest BCUT2D eigenvalue weighted by atomic mass is 32.2. The van der Waals surface area contributed by atoms with E-state index in [1.165, 1.54) is 0 Å². The van der Waals surface area contributed by atoms with Crippen LogP contribution in [0.3, 0.4) is 0 Å². The molecule has 1 saturated heterocycles. The lowest BCUT2D eigenvalue weighted by Gasteiger charge is -2.30. The number of rotatable bonds is 3. The number of hydrazine groups is 1. The number of hydrogen-bond acceptors (Lipinski definition) is 5. The lowest BCUT2D eigenvalue weighted by atomic mass is 9.99. The van der Waals surface area contributed by atoms with Crippen LogP contribution in [0.2, 0.25) is 0 Å². The van der Waals surface area contributed by atoms with Crippen LogP contribution in [0.4, 0.5) is 0 Å². The van der Waals surface area contributed by atoms with E-state index in [-0.39, 0.29) is 12.1 Å². The average molecular weight is 275 g/mol. The molecule has 2 unspecified atom stereocenters. The second-order valence-electron chi connectivity index (χ2n) is 4.55. The van der Waals surface area contributed by atoms with E-state index in [0.29, 0.717) is 0 Å². The Labute approximate surface area is 116 Å². The molecule has 0 bridgehead atoms. The molecule has 0 radical (unpaired) electrons. The van der Waals surface area contributed by atoms with Gasteiger partial charge < -0.3 is 4.74 Å². The minimum atomic E-state index is -0.0219. The zero-order valence-corrected chi connectivity index (χ0v) is 11.4. The SMILES string of the molecule is NNC(c1cccc2cccnc12)C1CSCCO1. The normalized spacial score (nSPS) is 21.4. The highest BCUT2D eigenvalue weighted by molar-refractivity contribution is 7.99. The molecule has 2 aromatic rings. The third kappa shape index (κ3) is 2.60. The molecule has 3 N–H and O–H groups in total. The predicted molar refractivity (Wildman–Crippen MR) is 78.9 cm³/mol. The summed E-state index contributed by atoms with van der Waals surface area (Å²) in [6.07, 6.45) is 1.91. The first-order valence-corrected chi connectivity index (χ1v) is 7.55. The van der Waals surface area contributed by atoms with Crippen molar-refractivity contribution < 1.29 is 4.74 Å². The molecule has 0 aliphatic carbocycles. The van der Waals surface area contributed by atoms with Crippen molar-refractivity contribution in [3.8, 4) is 0 Å². The van der Waals surface area contributed by atoms with Crippen LogP contribution in [0.1, 0.15) is 11.6 Å². The summed E-state index contributed by atoms with van der Waals surface area (Å²) in [5.74, 6) is 7.77. The fourth-order valence-electron chi connectivity index (χ4n) is 2.47. The first-order chi connectivity index (χ1) is 9.40. The summed E-state index contributed by atoms with van der Waals surface area (Å²) < 4.78 is 5.84. The first kappa shape index (κ1) is 12.9. The van der Waals surface area contributed by atoms with Crippen LogP contribution in [-0.4, -0.2) is 29.2 Å². The minimum absolute atomic E-state index is 0.0219. The van der Waals surface area contributed by atoms with Gasteiger partial charge in [-0.2, -0.15) is 11.8 Å². The summed E-state index contributed by atoms with van der Waals surface area (Å²) in [6.45, 7) is 0.783. The van der Waals surface area contributed by atoms with Gasteiger partial charge in [0.05, 0.1) is 24.3 Å². The molecule has 1 aliphatic rings. The van der Waals surface area contributed by atoms with Gasteiger partial charge in [-0.25, -0.2) is 0 Å². The molecule has 5 heteroatoms. The van der Waals surface area contributed by atoms with Crippen LogP contribution < -0.4 is 11.3 Å². The monoisotopic (exact) mass is 275 g/mol. The van der Waals surface area contributed by atoms with Crippen LogP contribution in [-0.2, 0) is 4.74 Å². The molecule has 0 amide bonds. The molecular formula is C14H17N3OS. The van der Waals surface area contributed by atoms with Gasteiger partial charge in [0.25, 0.3) is 0 Å².